The van der Waals surface area contributed by atoms with Crippen LogP contribution in [0.25, 0.3) is 0 Å². The van der Waals surface area contributed by atoms with Crippen molar-refractivity contribution in [2.45, 2.75) is 83.6 Å². The Balaban J connectivity index is 1.79. The quantitative estimate of drug-likeness (QED) is 0.425. The van der Waals surface area contributed by atoms with Gasteiger partial charge in [0.15, 0.2) is 0 Å². The molecule has 6 aliphatic rings. The van der Waals surface area contributed by atoms with Gasteiger partial charge in [0, 0.05) is 31.1 Å². The largest absolute Gasteiger partial charge is 0.462 e. The maximum atomic E-state index is 12.1. The number of aliphatic hydroxyl groups is 3. The third-order valence-electron chi connectivity index (χ3n) is 9.59. The van der Waals surface area contributed by atoms with Crippen LogP contribution in [-0.4, -0.2) is 64.1 Å². The molecule has 3 N–H and O–H groups in total. The first kappa shape index (κ1) is 22.3. The second-order valence-electron chi connectivity index (χ2n) is 11.4. The lowest BCUT2D eigenvalue weighted by molar-refractivity contribution is -0.473. The van der Waals surface area contributed by atoms with E-state index in [0.29, 0.717) is 31.3 Å². The molecule has 4 aliphatic carbocycles. The predicted molar refractivity (Wildman–Crippen MR) is 111 cm³/mol. The average Bonchev–Trinajstić information content (AvgIpc) is 2.87. The average molecular weight is 451 g/mol. The van der Waals surface area contributed by atoms with Gasteiger partial charge < -0.3 is 29.5 Å². The Labute approximate surface area is 187 Å². The van der Waals surface area contributed by atoms with Crippen molar-refractivity contribution in [3.8, 4) is 0 Å². The molecule has 2 spiro atoms. The molecular weight excluding hydrogens is 416 g/mol. The molecule has 8 heteroatoms. The molecule has 2 heterocycles. The first-order valence-electron chi connectivity index (χ1n) is 11.6. The zero-order valence-electron chi connectivity index (χ0n) is 19.2. The summed E-state index contributed by atoms with van der Waals surface area (Å²) < 4.78 is 17.8. The van der Waals surface area contributed by atoms with E-state index >= 15 is 0 Å². The molecule has 0 aromatic carbocycles. The van der Waals surface area contributed by atoms with Crippen molar-refractivity contribution >= 4 is 11.9 Å². The van der Waals surface area contributed by atoms with E-state index in [1.165, 1.54) is 13.8 Å². The lowest BCUT2D eigenvalue weighted by atomic mass is 9.35. The van der Waals surface area contributed by atoms with Gasteiger partial charge in [-0.3, -0.25) is 9.59 Å². The maximum Gasteiger partial charge on any atom is 0.302 e. The predicted octanol–water partition coefficient (Wildman–Crippen LogP) is 1.31. The minimum absolute atomic E-state index is 0.0423. The van der Waals surface area contributed by atoms with Gasteiger partial charge in [-0.25, -0.2) is 0 Å². The van der Waals surface area contributed by atoms with E-state index in [9.17, 15) is 24.9 Å². The fourth-order valence-corrected chi connectivity index (χ4v) is 8.77. The lowest BCUT2D eigenvalue weighted by Gasteiger charge is -2.75. The number of carbonyl (C=O) groups is 2. The SMILES string of the molecule is C=C1C2CC(OC(C)=O)C3C45COC(O)(C(O)C4C(C)(C)CCC5OC(C)=O)C3(C2)C1O. The molecule has 32 heavy (non-hydrogen) atoms. The van der Waals surface area contributed by atoms with Crippen molar-refractivity contribution < 1.29 is 39.1 Å². The molecule has 10 atom stereocenters. The highest BCUT2D eigenvalue weighted by Gasteiger charge is 2.86. The molecule has 4 saturated carbocycles. The molecule has 2 aliphatic heterocycles. The second kappa shape index (κ2) is 6.56. The Kier molecular flexibility index (Phi) is 4.57. The summed E-state index contributed by atoms with van der Waals surface area (Å²) in [4.78, 5) is 24.3. The highest BCUT2D eigenvalue weighted by molar-refractivity contribution is 5.67. The molecule has 0 amide bonds. The number of carbonyl (C=O) groups excluding carboxylic acids is 2. The number of ether oxygens (including phenoxy) is 3. The van der Waals surface area contributed by atoms with Gasteiger partial charge in [-0.15, -0.1) is 0 Å². The van der Waals surface area contributed by atoms with Crippen LogP contribution in [0.3, 0.4) is 0 Å². The normalized spacial score (nSPS) is 52.7. The van der Waals surface area contributed by atoms with Crippen molar-refractivity contribution in [2.75, 3.05) is 6.61 Å². The van der Waals surface area contributed by atoms with Crippen LogP contribution in [-0.2, 0) is 23.8 Å². The van der Waals surface area contributed by atoms with E-state index in [1.54, 1.807) is 0 Å². The van der Waals surface area contributed by atoms with Crippen LogP contribution in [0, 0.1) is 34.0 Å². The Morgan fingerprint density at radius 3 is 2.41 bits per heavy atom. The van der Waals surface area contributed by atoms with Crippen LogP contribution in [0.2, 0.25) is 0 Å². The molecule has 6 rings (SSSR count). The highest BCUT2D eigenvalue weighted by atomic mass is 16.6. The summed E-state index contributed by atoms with van der Waals surface area (Å²) in [6.45, 7) is 10.9. The van der Waals surface area contributed by atoms with Crippen LogP contribution >= 0.6 is 0 Å². The van der Waals surface area contributed by atoms with E-state index < -0.39 is 70.2 Å². The molecule has 0 aromatic rings. The number of hydrogen-bond donors (Lipinski definition) is 3. The van der Waals surface area contributed by atoms with Gasteiger partial charge in [-0.1, -0.05) is 20.4 Å². The van der Waals surface area contributed by atoms with Crippen molar-refractivity contribution in [2.24, 2.45) is 34.0 Å². The molecule has 0 aromatic heterocycles. The third-order valence-corrected chi connectivity index (χ3v) is 9.59. The van der Waals surface area contributed by atoms with Gasteiger partial charge in [-0.05, 0) is 42.6 Å². The van der Waals surface area contributed by atoms with E-state index in [4.69, 9.17) is 14.2 Å². The number of hydrogen-bond acceptors (Lipinski definition) is 8. The summed E-state index contributed by atoms with van der Waals surface area (Å²) in [7, 11) is 0. The Morgan fingerprint density at radius 1 is 1.12 bits per heavy atom. The molecule has 2 saturated heterocycles. The van der Waals surface area contributed by atoms with Crippen molar-refractivity contribution in [3.63, 3.8) is 0 Å². The summed E-state index contributed by atoms with van der Waals surface area (Å²) >= 11 is 0. The summed E-state index contributed by atoms with van der Waals surface area (Å²) in [5, 5.41) is 35.2. The molecule has 6 fully saturated rings. The molecule has 10 unspecified atom stereocenters. The summed E-state index contributed by atoms with van der Waals surface area (Å²) in [6, 6.07) is 0. The number of rotatable bonds is 2. The van der Waals surface area contributed by atoms with Crippen LogP contribution < -0.4 is 0 Å². The zero-order valence-corrected chi connectivity index (χ0v) is 19.2. The van der Waals surface area contributed by atoms with Gasteiger partial charge in [0.05, 0.1) is 18.1 Å². The fourth-order valence-electron chi connectivity index (χ4n) is 8.77. The van der Waals surface area contributed by atoms with Crippen molar-refractivity contribution in [3.05, 3.63) is 12.2 Å². The highest BCUT2D eigenvalue weighted by Crippen LogP contribution is 2.77. The van der Waals surface area contributed by atoms with Crippen LogP contribution in [0.15, 0.2) is 12.2 Å². The second-order valence-corrected chi connectivity index (χ2v) is 11.4. The number of aliphatic hydroxyl groups excluding tert-OH is 2. The van der Waals surface area contributed by atoms with E-state index in [2.05, 4.69) is 6.58 Å². The molecule has 0 radical (unpaired) electrons. The van der Waals surface area contributed by atoms with Gasteiger partial charge in [-0.2, -0.15) is 0 Å². The van der Waals surface area contributed by atoms with E-state index in [-0.39, 0.29) is 12.5 Å². The number of esters is 2. The zero-order chi connectivity index (χ0) is 23.4. The number of fused-ring (bicyclic) bond motifs is 2. The van der Waals surface area contributed by atoms with Crippen molar-refractivity contribution in [1.29, 1.82) is 0 Å². The van der Waals surface area contributed by atoms with Crippen molar-refractivity contribution in [1.82, 2.24) is 0 Å². The summed E-state index contributed by atoms with van der Waals surface area (Å²) in [5.41, 5.74) is -2.09. The maximum absolute atomic E-state index is 12.1. The van der Waals surface area contributed by atoms with E-state index in [0.717, 1.165) is 0 Å². The van der Waals surface area contributed by atoms with Crippen LogP contribution in [0.5, 0.6) is 0 Å². The Hall–Kier alpha value is -1.48. The van der Waals surface area contributed by atoms with Crippen LogP contribution in [0.4, 0.5) is 0 Å². The summed E-state index contributed by atoms with van der Waals surface area (Å²) in [6.07, 6.45) is -1.61. The molecule has 4 bridgehead atoms. The monoisotopic (exact) mass is 450 g/mol. The molecule has 178 valence electrons. The van der Waals surface area contributed by atoms with Gasteiger partial charge in [0.2, 0.25) is 5.79 Å². The Morgan fingerprint density at radius 2 is 1.78 bits per heavy atom. The van der Waals surface area contributed by atoms with Gasteiger partial charge in [0.1, 0.15) is 18.3 Å². The minimum atomic E-state index is -2.03. The third kappa shape index (κ3) is 2.37. The standard InChI is InChI=1S/C24H34O8/c1-11-14-8-15(31-12(2)25)17-22-10-30-24(29,23(17,9-14)19(11)27)20(28)18(22)21(4,5)7-6-16(22)32-13(3)26/h14-20,27-29H,1,6-10H2,2-5H3. The first-order chi connectivity index (χ1) is 14.8. The van der Waals surface area contributed by atoms with Gasteiger partial charge >= 0.3 is 11.9 Å². The van der Waals surface area contributed by atoms with Crippen LogP contribution in [0.1, 0.15) is 53.4 Å². The first-order valence-corrected chi connectivity index (χ1v) is 11.6. The Bertz CT molecular complexity index is 883. The summed E-state index contributed by atoms with van der Waals surface area (Å²) in [5.74, 6) is -4.16. The molecular formula is C24H34O8. The minimum Gasteiger partial charge on any atom is -0.462 e. The molecule has 8 nitrogen and oxygen atoms in total. The van der Waals surface area contributed by atoms with E-state index in [1.807, 2.05) is 13.8 Å². The topological polar surface area (TPSA) is 123 Å². The smallest absolute Gasteiger partial charge is 0.302 e. The van der Waals surface area contributed by atoms with Gasteiger partial charge in [0.25, 0.3) is 0 Å². The lowest BCUT2D eigenvalue weighted by Crippen LogP contribution is -2.85. The fraction of sp³-hybridized carbons (Fsp3) is 0.833.